The Bertz CT molecular complexity index is 762. The van der Waals surface area contributed by atoms with Crippen molar-refractivity contribution in [1.29, 1.82) is 0 Å². The second-order valence-electron chi connectivity index (χ2n) is 5.40. The predicted octanol–water partition coefficient (Wildman–Crippen LogP) is -1.52. The molecule has 1 N–H and O–H groups in total. The predicted molar refractivity (Wildman–Crippen MR) is 75.5 cm³/mol. The molecule has 0 amide bonds. The average molecular weight is 317 g/mol. The van der Waals surface area contributed by atoms with Crippen LogP contribution in [-0.2, 0) is 24.1 Å². The van der Waals surface area contributed by atoms with Crippen molar-refractivity contribution < 1.29 is 13.5 Å². The summed E-state index contributed by atoms with van der Waals surface area (Å²) in [6.07, 6.45) is 0.992. The zero-order valence-corrected chi connectivity index (χ0v) is 13.0. The summed E-state index contributed by atoms with van der Waals surface area (Å²) in [6.45, 7) is 2.04. The number of hydrogen-bond acceptors (Lipinski definition) is 5. The molecule has 0 aromatic carbocycles. The largest absolute Gasteiger partial charge is 0.393 e. The second kappa shape index (κ2) is 5.39. The van der Waals surface area contributed by atoms with E-state index >= 15 is 0 Å². The van der Waals surface area contributed by atoms with Crippen LogP contribution in [0.25, 0.3) is 0 Å². The van der Waals surface area contributed by atoms with Gasteiger partial charge in [-0.2, -0.15) is 4.31 Å². The Balaban J connectivity index is 2.47. The van der Waals surface area contributed by atoms with Crippen LogP contribution in [-0.4, -0.2) is 46.2 Å². The van der Waals surface area contributed by atoms with Gasteiger partial charge in [-0.3, -0.25) is 9.36 Å². The minimum Gasteiger partial charge on any atom is -0.393 e. The average Bonchev–Trinajstić information content (AvgIpc) is 2.91. The van der Waals surface area contributed by atoms with Gasteiger partial charge in [-0.15, -0.1) is 0 Å². The third-order valence-corrected chi connectivity index (χ3v) is 5.75. The fraction of sp³-hybridized carbons (Fsp3) is 0.667. The van der Waals surface area contributed by atoms with Crippen LogP contribution in [0.2, 0.25) is 0 Å². The third-order valence-electron chi connectivity index (χ3n) is 3.90. The van der Waals surface area contributed by atoms with Crippen molar-refractivity contribution >= 4 is 10.0 Å². The standard InChI is InChI=1S/C12H19N3O5S/c1-8(16)9-4-5-15(6-9)21(19,20)10-7-13(2)12(18)14(3)11(10)17/h7-9,16H,4-6H2,1-3H3. The summed E-state index contributed by atoms with van der Waals surface area (Å²) in [5, 5.41) is 9.55. The van der Waals surface area contributed by atoms with Crippen molar-refractivity contribution in [3.63, 3.8) is 0 Å². The Morgan fingerprint density at radius 3 is 2.48 bits per heavy atom. The van der Waals surface area contributed by atoms with Crippen LogP contribution >= 0.6 is 0 Å². The van der Waals surface area contributed by atoms with Gasteiger partial charge < -0.3 is 9.67 Å². The number of aromatic nitrogens is 2. The van der Waals surface area contributed by atoms with Crippen LogP contribution in [0.4, 0.5) is 0 Å². The summed E-state index contributed by atoms with van der Waals surface area (Å²) in [7, 11) is -1.33. The van der Waals surface area contributed by atoms with Crippen LogP contribution in [0.3, 0.4) is 0 Å². The van der Waals surface area contributed by atoms with Gasteiger partial charge in [0.1, 0.15) is 0 Å². The molecule has 0 spiro atoms. The Morgan fingerprint density at radius 1 is 1.33 bits per heavy atom. The van der Waals surface area contributed by atoms with Crippen LogP contribution in [0.5, 0.6) is 0 Å². The molecule has 0 bridgehead atoms. The summed E-state index contributed by atoms with van der Waals surface area (Å²) in [6, 6.07) is 0. The molecule has 0 saturated carbocycles. The molecular formula is C12H19N3O5S. The van der Waals surface area contributed by atoms with E-state index in [0.29, 0.717) is 6.42 Å². The fourth-order valence-electron chi connectivity index (χ4n) is 2.46. The smallest absolute Gasteiger partial charge is 0.330 e. The summed E-state index contributed by atoms with van der Waals surface area (Å²) < 4.78 is 28.1. The van der Waals surface area contributed by atoms with Crippen LogP contribution < -0.4 is 11.2 Å². The first-order chi connectivity index (χ1) is 9.66. The molecule has 1 aliphatic rings. The molecule has 118 valence electrons. The van der Waals surface area contributed by atoms with E-state index < -0.39 is 32.3 Å². The highest BCUT2D eigenvalue weighted by atomic mass is 32.2. The lowest BCUT2D eigenvalue weighted by Crippen LogP contribution is -2.42. The van der Waals surface area contributed by atoms with Crippen molar-refractivity contribution in [2.24, 2.45) is 20.0 Å². The summed E-state index contributed by atoms with van der Waals surface area (Å²) in [5.41, 5.74) is -1.42. The Kier molecular flexibility index (Phi) is 4.09. The zero-order valence-electron chi connectivity index (χ0n) is 12.2. The zero-order chi connectivity index (χ0) is 15.9. The lowest BCUT2D eigenvalue weighted by Gasteiger charge is -2.18. The normalized spacial score (nSPS) is 21.6. The van der Waals surface area contributed by atoms with E-state index in [2.05, 4.69) is 0 Å². The Morgan fingerprint density at radius 2 is 1.95 bits per heavy atom. The lowest BCUT2D eigenvalue weighted by molar-refractivity contribution is 0.133. The fourth-order valence-corrected chi connectivity index (χ4v) is 4.12. The van der Waals surface area contributed by atoms with Gasteiger partial charge >= 0.3 is 5.69 Å². The monoisotopic (exact) mass is 317 g/mol. The lowest BCUT2D eigenvalue weighted by atomic mass is 10.0. The van der Waals surface area contributed by atoms with Crippen molar-refractivity contribution in [1.82, 2.24) is 13.4 Å². The molecule has 1 aromatic rings. The summed E-state index contributed by atoms with van der Waals surface area (Å²) >= 11 is 0. The van der Waals surface area contributed by atoms with Crippen LogP contribution in [0.15, 0.2) is 20.7 Å². The molecule has 1 aromatic heterocycles. The number of hydrogen-bond donors (Lipinski definition) is 1. The highest BCUT2D eigenvalue weighted by Gasteiger charge is 2.36. The molecule has 1 aliphatic heterocycles. The molecule has 2 unspecified atom stereocenters. The number of sulfonamides is 1. The topological polar surface area (TPSA) is 102 Å². The van der Waals surface area contributed by atoms with Gasteiger partial charge in [0.15, 0.2) is 4.90 Å². The quantitative estimate of drug-likeness (QED) is 0.729. The summed E-state index contributed by atoms with van der Waals surface area (Å²) in [5.74, 6) is -0.142. The van der Waals surface area contributed by atoms with Crippen molar-refractivity contribution in [3.05, 3.63) is 27.0 Å². The molecule has 2 rings (SSSR count). The summed E-state index contributed by atoms with van der Waals surface area (Å²) in [4.78, 5) is 23.3. The van der Waals surface area contributed by atoms with E-state index in [1.165, 1.54) is 18.4 Å². The highest BCUT2D eigenvalue weighted by molar-refractivity contribution is 7.89. The molecule has 8 nitrogen and oxygen atoms in total. The van der Waals surface area contributed by atoms with E-state index in [9.17, 15) is 23.1 Å². The van der Waals surface area contributed by atoms with E-state index in [0.717, 1.165) is 15.3 Å². The number of aliphatic hydroxyl groups excluding tert-OH is 1. The maximum Gasteiger partial charge on any atom is 0.330 e. The molecule has 0 radical (unpaired) electrons. The number of aryl methyl sites for hydroxylation is 1. The molecule has 9 heteroatoms. The maximum atomic E-state index is 12.6. The van der Waals surface area contributed by atoms with E-state index in [4.69, 9.17) is 0 Å². The van der Waals surface area contributed by atoms with Crippen LogP contribution in [0, 0.1) is 5.92 Å². The second-order valence-corrected chi connectivity index (χ2v) is 7.31. The van der Waals surface area contributed by atoms with Crippen molar-refractivity contribution in [2.45, 2.75) is 24.3 Å². The SMILES string of the molecule is CC(O)C1CCN(S(=O)(=O)c2cn(C)c(=O)n(C)c2=O)C1. The minimum atomic E-state index is -3.97. The maximum absolute atomic E-state index is 12.6. The first-order valence-corrected chi connectivity index (χ1v) is 8.05. The van der Waals surface area contributed by atoms with E-state index in [1.54, 1.807) is 6.92 Å². The van der Waals surface area contributed by atoms with Gasteiger partial charge in [-0.1, -0.05) is 0 Å². The molecular weight excluding hydrogens is 298 g/mol. The molecule has 1 fully saturated rings. The molecule has 0 aliphatic carbocycles. The Labute approximate surface area is 122 Å². The molecule has 21 heavy (non-hydrogen) atoms. The minimum absolute atomic E-state index is 0.142. The number of nitrogens with zero attached hydrogens (tertiary/aromatic N) is 3. The van der Waals surface area contributed by atoms with Crippen molar-refractivity contribution in [3.8, 4) is 0 Å². The van der Waals surface area contributed by atoms with Gasteiger partial charge in [0.05, 0.1) is 6.10 Å². The van der Waals surface area contributed by atoms with E-state index in [1.807, 2.05) is 0 Å². The van der Waals surface area contributed by atoms with E-state index in [-0.39, 0.29) is 19.0 Å². The van der Waals surface area contributed by atoms with Gasteiger partial charge in [-0.25, -0.2) is 13.2 Å². The highest BCUT2D eigenvalue weighted by Crippen LogP contribution is 2.24. The number of rotatable bonds is 3. The van der Waals surface area contributed by atoms with Gasteiger partial charge in [0.2, 0.25) is 10.0 Å². The Hall–Kier alpha value is -1.45. The molecule has 2 atom stereocenters. The third kappa shape index (κ3) is 2.68. The molecule has 1 saturated heterocycles. The van der Waals surface area contributed by atoms with Gasteiger partial charge in [0.25, 0.3) is 5.56 Å². The van der Waals surface area contributed by atoms with Gasteiger partial charge in [0, 0.05) is 33.4 Å². The van der Waals surface area contributed by atoms with Gasteiger partial charge in [-0.05, 0) is 19.3 Å². The first-order valence-electron chi connectivity index (χ1n) is 6.61. The van der Waals surface area contributed by atoms with Crippen molar-refractivity contribution in [2.75, 3.05) is 13.1 Å². The van der Waals surface area contributed by atoms with Crippen LogP contribution in [0.1, 0.15) is 13.3 Å². The molecule has 2 heterocycles. The first kappa shape index (κ1) is 15.9. The number of aliphatic hydroxyl groups is 1.